The Hall–Kier alpha value is -0.540. The first-order valence-corrected chi connectivity index (χ1v) is 5.58. The minimum Gasteiger partial charge on any atom is -0.433 e. The van der Waals surface area contributed by atoms with Gasteiger partial charge < -0.3 is 15.8 Å². The van der Waals surface area contributed by atoms with E-state index < -0.39 is 6.61 Å². The van der Waals surface area contributed by atoms with Gasteiger partial charge in [0, 0.05) is 24.2 Å². The van der Waals surface area contributed by atoms with Gasteiger partial charge in [-0.25, -0.2) is 0 Å². The van der Waals surface area contributed by atoms with Gasteiger partial charge in [-0.15, -0.1) is 24.0 Å². The third kappa shape index (κ3) is 5.96. The van der Waals surface area contributed by atoms with Crippen LogP contribution in [0.4, 0.5) is 8.78 Å². The first-order chi connectivity index (χ1) is 8.43. The van der Waals surface area contributed by atoms with Gasteiger partial charge in [0.15, 0.2) is 5.96 Å². The van der Waals surface area contributed by atoms with Crippen molar-refractivity contribution in [1.29, 1.82) is 0 Å². The molecule has 0 unspecified atom stereocenters. The number of halogens is 5. The Labute approximate surface area is 136 Å². The van der Waals surface area contributed by atoms with Crippen LogP contribution in [0, 0.1) is 0 Å². The van der Waals surface area contributed by atoms with Crippen LogP contribution in [-0.2, 0) is 6.54 Å². The molecule has 0 aliphatic rings. The second-order valence-electron chi connectivity index (χ2n) is 3.22. The largest absolute Gasteiger partial charge is 0.433 e. The molecule has 1 aromatic carbocycles. The Morgan fingerprint density at radius 2 is 2.11 bits per heavy atom. The lowest BCUT2D eigenvalue weighted by molar-refractivity contribution is -0.0504. The van der Waals surface area contributed by atoms with E-state index in [1.54, 1.807) is 0 Å². The molecule has 0 spiro atoms. The normalized spacial score (nSPS) is 11.2. The molecule has 0 amide bonds. The summed E-state index contributed by atoms with van der Waals surface area (Å²) in [6.07, 6.45) is 0. The van der Waals surface area contributed by atoms with Crippen molar-refractivity contribution in [1.82, 2.24) is 5.32 Å². The van der Waals surface area contributed by atoms with Crippen LogP contribution in [-0.4, -0.2) is 19.6 Å². The van der Waals surface area contributed by atoms with Gasteiger partial charge in [0.2, 0.25) is 0 Å². The Balaban J connectivity index is 0.00000324. The molecule has 0 aromatic heterocycles. The molecule has 1 aromatic rings. The molecule has 4 nitrogen and oxygen atoms in total. The van der Waals surface area contributed by atoms with Crippen molar-refractivity contribution < 1.29 is 13.5 Å². The summed E-state index contributed by atoms with van der Waals surface area (Å²) in [7, 11) is 1.49. The average molecular weight is 426 g/mol. The molecule has 3 N–H and O–H groups in total. The Morgan fingerprint density at radius 1 is 1.47 bits per heavy atom. The predicted octanol–water partition coefficient (Wildman–Crippen LogP) is 3.25. The van der Waals surface area contributed by atoms with Gasteiger partial charge in [0.05, 0.1) is 5.02 Å². The van der Waals surface area contributed by atoms with Crippen LogP contribution >= 0.6 is 47.2 Å². The first-order valence-electron chi connectivity index (χ1n) is 4.83. The summed E-state index contributed by atoms with van der Waals surface area (Å²) in [5.74, 6) is 0.0292. The third-order valence-electron chi connectivity index (χ3n) is 1.99. The molecule has 0 fully saturated rings. The summed E-state index contributed by atoms with van der Waals surface area (Å²) in [4.78, 5) is 3.67. The molecule has 0 aliphatic heterocycles. The molecule has 19 heavy (non-hydrogen) atoms. The van der Waals surface area contributed by atoms with Crippen molar-refractivity contribution >= 4 is 53.1 Å². The van der Waals surface area contributed by atoms with Crippen LogP contribution in [0.3, 0.4) is 0 Å². The van der Waals surface area contributed by atoms with E-state index in [1.807, 2.05) is 0 Å². The molecular formula is C10H12Cl2F2IN3O. The van der Waals surface area contributed by atoms with E-state index >= 15 is 0 Å². The van der Waals surface area contributed by atoms with E-state index in [2.05, 4.69) is 15.0 Å². The zero-order valence-electron chi connectivity index (χ0n) is 9.79. The number of nitrogens with zero attached hydrogens (tertiary/aromatic N) is 1. The van der Waals surface area contributed by atoms with E-state index in [-0.39, 0.29) is 47.3 Å². The maximum absolute atomic E-state index is 12.3. The number of hydrogen-bond donors (Lipinski definition) is 2. The Morgan fingerprint density at radius 3 is 2.63 bits per heavy atom. The van der Waals surface area contributed by atoms with Crippen LogP contribution in [0.15, 0.2) is 17.1 Å². The number of ether oxygens (including phenoxy) is 1. The van der Waals surface area contributed by atoms with E-state index in [0.717, 1.165) is 0 Å². The highest BCUT2D eigenvalue weighted by Crippen LogP contribution is 2.33. The van der Waals surface area contributed by atoms with Crippen molar-refractivity contribution in [2.24, 2.45) is 10.7 Å². The minimum absolute atomic E-state index is 0. The maximum atomic E-state index is 12.3. The van der Waals surface area contributed by atoms with Gasteiger partial charge >= 0.3 is 6.61 Å². The number of hydrogen-bond acceptors (Lipinski definition) is 2. The van der Waals surface area contributed by atoms with Crippen molar-refractivity contribution in [3.05, 3.63) is 27.7 Å². The quantitative estimate of drug-likeness (QED) is 0.442. The van der Waals surface area contributed by atoms with Gasteiger partial charge in [0.25, 0.3) is 0 Å². The van der Waals surface area contributed by atoms with Crippen molar-refractivity contribution in [2.45, 2.75) is 13.2 Å². The molecule has 0 radical (unpaired) electrons. The second kappa shape index (κ2) is 8.60. The topological polar surface area (TPSA) is 59.6 Å². The number of aliphatic imine (C=N–C) groups is 1. The summed E-state index contributed by atoms with van der Waals surface area (Å²) in [5.41, 5.74) is 5.79. The standard InChI is InChI=1S/C10H11Cl2F2N3O.HI/c1-16-10(15)17-4-5-2-6(11)3-7(12)8(5)18-9(13)14;/h2-3,9H,4H2,1H3,(H3,15,16,17);1H. The second-order valence-corrected chi connectivity index (χ2v) is 4.06. The zero-order chi connectivity index (χ0) is 13.7. The molecular weight excluding hydrogens is 414 g/mol. The minimum atomic E-state index is -2.97. The summed E-state index contributed by atoms with van der Waals surface area (Å²) in [6, 6.07) is 2.78. The van der Waals surface area contributed by atoms with E-state index in [9.17, 15) is 8.78 Å². The van der Waals surface area contributed by atoms with Crippen LogP contribution in [0.25, 0.3) is 0 Å². The Kier molecular flexibility index (Phi) is 8.35. The molecule has 9 heteroatoms. The smallest absolute Gasteiger partial charge is 0.387 e. The van der Waals surface area contributed by atoms with E-state index in [4.69, 9.17) is 28.9 Å². The van der Waals surface area contributed by atoms with Crippen molar-refractivity contribution in [3.8, 4) is 5.75 Å². The van der Waals surface area contributed by atoms with E-state index in [0.29, 0.717) is 10.6 Å². The highest BCUT2D eigenvalue weighted by molar-refractivity contribution is 14.0. The Bertz CT molecular complexity index is 461. The molecule has 0 saturated carbocycles. The molecule has 108 valence electrons. The van der Waals surface area contributed by atoms with Gasteiger partial charge in [-0.3, -0.25) is 4.99 Å². The highest BCUT2D eigenvalue weighted by atomic mass is 127. The lowest BCUT2D eigenvalue weighted by Crippen LogP contribution is -2.31. The van der Waals surface area contributed by atoms with Gasteiger partial charge in [0.1, 0.15) is 5.75 Å². The van der Waals surface area contributed by atoms with Gasteiger partial charge in [-0.05, 0) is 12.1 Å². The molecule has 0 bridgehead atoms. The SMILES string of the molecule is CN=C(N)NCc1cc(Cl)cc(Cl)c1OC(F)F.I. The summed E-state index contributed by atoms with van der Waals surface area (Å²) in [5, 5.41) is 3.02. The van der Waals surface area contributed by atoms with Gasteiger partial charge in [-0.2, -0.15) is 8.78 Å². The fourth-order valence-corrected chi connectivity index (χ4v) is 1.81. The fourth-order valence-electron chi connectivity index (χ4n) is 1.23. The lowest BCUT2D eigenvalue weighted by atomic mass is 10.2. The number of nitrogens with one attached hydrogen (secondary N) is 1. The number of benzene rings is 1. The number of nitrogens with two attached hydrogens (primary N) is 1. The van der Waals surface area contributed by atoms with Crippen LogP contribution in [0.1, 0.15) is 5.56 Å². The summed E-state index contributed by atoms with van der Waals surface area (Å²) in [6.45, 7) is -2.86. The fraction of sp³-hybridized carbons (Fsp3) is 0.300. The maximum Gasteiger partial charge on any atom is 0.387 e. The average Bonchev–Trinajstić information content (AvgIpc) is 2.29. The first kappa shape index (κ1) is 18.5. The zero-order valence-corrected chi connectivity index (χ0v) is 13.6. The van der Waals surface area contributed by atoms with Crippen LogP contribution in [0.2, 0.25) is 10.0 Å². The lowest BCUT2D eigenvalue weighted by Gasteiger charge is -2.13. The summed E-state index contributed by atoms with van der Waals surface area (Å²) < 4.78 is 28.9. The predicted molar refractivity (Wildman–Crippen MR) is 82.9 cm³/mol. The number of rotatable bonds is 4. The third-order valence-corrected chi connectivity index (χ3v) is 2.49. The van der Waals surface area contributed by atoms with Crippen LogP contribution < -0.4 is 15.8 Å². The molecule has 0 atom stereocenters. The monoisotopic (exact) mass is 425 g/mol. The molecule has 0 heterocycles. The summed E-state index contributed by atoms with van der Waals surface area (Å²) >= 11 is 11.6. The van der Waals surface area contributed by atoms with Crippen molar-refractivity contribution in [2.75, 3.05) is 7.05 Å². The van der Waals surface area contributed by atoms with E-state index in [1.165, 1.54) is 19.2 Å². The highest BCUT2D eigenvalue weighted by Gasteiger charge is 2.15. The van der Waals surface area contributed by atoms with Gasteiger partial charge in [-0.1, -0.05) is 23.2 Å². The number of alkyl halides is 2. The van der Waals surface area contributed by atoms with Crippen LogP contribution in [0.5, 0.6) is 5.75 Å². The molecule has 0 aliphatic carbocycles. The van der Waals surface area contributed by atoms with Crippen molar-refractivity contribution in [3.63, 3.8) is 0 Å². The molecule has 1 rings (SSSR count). The molecule has 0 saturated heterocycles. The number of guanidine groups is 1.